The highest BCUT2D eigenvalue weighted by molar-refractivity contribution is 5.95. The molecule has 1 aromatic rings. The van der Waals surface area contributed by atoms with E-state index < -0.39 is 5.41 Å². The molecule has 2 atom stereocenters. The molecule has 1 fully saturated rings. The SMILES string of the molecule is CC1(C(=O)Nc2ccccc2)COCC1N. The van der Waals surface area contributed by atoms with Gasteiger partial charge in [0, 0.05) is 11.7 Å². The molecule has 1 amide bonds. The predicted octanol–water partition coefficient (Wildman–Crippen LogP) is 0.989. The van der Waals surface area contributed by atoms with Crippen LogP contribution < -0.4 is 11.1 Å². The van der Waals surface area contributed by atoms with Gasteiger partial charge in [0.1, 0.15) is 0 Å². The summed E-state index contributed by atoms with van der Waals surface area (Å²) >= 11 is 0. The third-order valence-corrected chi connectivity index (χ3v) is 3.07. The summed E-state index contributed by atoms with van der Waals surface area (Å²) in [6, 6.07) is 9.12. The first-order valence-electron chi connectivity index (χ1n) is 5.33. The summed E-state index contributed by atoms with van der Waals surface area (Å²) in [6.45, 7) is 2.66. The summed E-state index contributed by atoms with van der Waals surface area (Å²) in [5.41, 5.74) is 6.04. The maximum Gasteiger partial charge on any atom is 0.234 e. The second-order valence-corrected chi connectivity index (χ2v) is 4.36. The van der Waals surface area contributed by atoms with Gasteiger partial charge in [-0.25, -0.2) is 0 Å². The van der Waals surface area contributed by atoms with E-state index in [4.69, 9.17) is 10.5 Å². The van der Waals surface area contributed by atoms with Gasteiger partial charge in [-0.05, 0) is 19.1 Å². The molecule has 1 heterocycles. The topological polar surface area (TPSA) is 64.3 Å². The van der Waals surface area contributed by atoms with E-state index in [1.54, 1.807) is 0 Å². The van der Waals surface area contributed by atoms with Crippen LogP contribution in [0, 0.1) is 5.41 Å². The van der Waals surface area contributed by atoms with Crippen molar-refractivity contribution in [2.45, 2.75) is 13.0 Å². The van der Waals surface area contributed by atoms with Crippen LogP contribution in [0.2, 0.25) is 0 Å². The molecule has 4 heteroatoms. The van der Waals surface area contributed by atoms with Crippen LogP contribution in [0.5, 0.6) is 0 Å². The Bertz CT molecular complexity index is 380. The molecular formula is C12H16N2O2. The fourth-order valence-electron chi connectivity index (χ4n) is 1.72. The van der Waals surface area contributed by atoms with Gasteiger partial charge in [-0.1, -0.05) is 18.2 Å². The molecule has 1 aliphatic rings. The van der Waals surface area contributed by atoms with E-state index in [2.05, 4.69) is 5.32 Å². The fourth-order valence-corrected chi connectivity index (χ4v) is 1.72. The Morgan fingerprint density at radius 2 is 2.19 bits per heavy atom. The minimum absolute atomic E-state index is 0.0799. The van der Waals surface area contributed by atoms with Crippen LogP contribution in [0.25, 0.3) is 0 Å². The van der Waals surface area contributed by atoms with E-state index in [-0.39, 0.29) is 11.9 Å². The zero-order valence-electron chi connectivity index (χ0n) is 9.27. The van der Waals surface area contributed by atoms with Crippen LogP contribution in [0.15, 0.2) is 30.3 Å². The van der Waals surface area contributed by atoms with Crippen molar-refractivity contribution in [3.63, 3.8) is 0 Å². The Kier molecular flexibility index (Phi) is 2.94. The lowest BCUT2D eigenvalue weighted by molar-refractivity contribution is -0.125. The number of amides is 1. The molecule has 86 valence electrons. The van der Waals surface area contributed by atoms with Crippen molar-refractivity contribution in [3.8, 4) is 0 Å². The van der Waals surface area contributed by atoms with Crippen molar-refractivity contribution in [2.75, 3.05) is 18.5 Å². The van der Waals surface area contributed by atoms with Crippen LogP contribution >= 0.6 is 0 Å². The number of nitrogens with two attached hydrogens (primary N) is 1. The van der Waals surface area contributed by atoms with E-state index in [9.17, 15) is 4.79 Å². The molecule has 0 spiro atoms. The number of anilines is 1. The number of para-hydroxylation sites is 1. The van der Waals surface area contributed by atoms with Crippen LogP contribution in [0.3, 0.4) is 0 Å². The number of ether oxygens (including phenoxy) is 1. The number of rotatable bonds is 2. The van der Waals surface area contributed by atoms with E-state index in [0.29, 0.717) is 13.2 Å². The van der Waals surface area contributed by atoms with Crippen LogP contribution in [-0.4, -0.2) is 25.2 Å². The van der Waals surface area contributed by atoms with E-state index in [1.807, 2.05) is 37.3 Å². The van der Waals surface area contributed by atoms with Gasteiger partial charge in [0.25, 0.3) is 0 Å². The standard InChI is InChI=1S/C12H16N2O2/c1-12(8-16-7-10(12)13)11(15)14-9-5-3-2-4-6-9/h2-6,10H,7-8,13H2,1H3,(H,14,15). The van der Waals surface area contributed by atoms with Crippen molar-refractivity contribution >= 4 is 11.6 Å². The zero-order chi connectivity index (χ0) is 11.6. The average Bonchev–Trinajstić information content (AvgIpc) is 2.62. The van der Waals surface area contributed by atoms with Gasteiger partial charge in [-0.15, -0.1) is 0 Å². The van der Waals surface area contributed by atoms with E-state index >= 15 is 0 Å². The highest BCUT2D eigenvalue weighted by Crippen LogP contribution is 2.28. The van der Waals surface area contributed by atoms with E-state index in [1.165, 1.54) is 0 Å². The van der Waals surface area contributed by atoms with Crippen LogP contribution in [-0.2, 0) is 9.53 Å². The minimum atomic E-state index is -0.629. The Morgan fingerprint density at radius 1 is 1.50 bits per heavy atom. The third-order valence-electron chi connectivity index (χ3n) is 3.07. The van der Waals surface area contributed by atoms with Gasteiger partial charge < -0.3 is 15.8 Å². The molecule has 0 radical (unpaired) electrons. The summed E-state index contributed by atoms with van der Waals surface area (Å²) in [6.07, 6.45) is 0. The first-order chi connectivity index (χ1) is 7.63. The number of hydrogen-bond donors (Lipinski definition) is 2. The smallest absolute Gasteiger partial charge is 0.234 e. The highest BCUT2D eigenvalue weighted by Gasteiger charge is 2.44. The fraction of sp³-hybridized carbons (Fsp3) is 0.417. The summed E-state index contributed by atoms with van der Waals surface area (Å²) in [7, 11) is 0. The summed E-state index contributed by atoms with van der Waals surface area (Å²) in [4.78, 5) is 12.1. The van der Waals surface area contributed by atoms with Crippen molar-refractivity contribution in [1.29, 1.82) is 0 Å². The Morgan fingerprint density at radius 3 is 2.75 bits per heavy atom. The lowest BCUT2D eigenvalue weighted by Crippen LogP contribution is -2.47. The largest absolute Gasteiger partial charge is 0.379 e. The van der Waals surface area contributed by atoms with E-state index in [0.717, 1.165) is 5.69 Å². The number of benzene rings is 1. The number of carbonyl (C=O) groups is 1. The van der Waals surface area contributed by atoms with Gasteiger partial charge in [-0.3, -0.25) is 4.79 Å². The summed E-state index contributed by atoms with van der Waals surface area (Å²) < 4.78 is 5.25. The highest BCUT2D eigenvalue weighted by atomic mass is 16.5. The van der Waals surface area contributed by atoms with Crippen LogP contribution in [0.4, 0.5) is 5.69 Å². The van der Waals surface area contributed by atoms with Gasteiger partial charge in [0.2, 0.25) is 5.91 Å². The Hall–Kier alpha value is -1.39. The lowest BCUT2D eigenvalue weighted by atomic mass is 9.85. The quantitative estimate of drug-likeness (QED) is 0.781. The maximum absolute atomic E-state index is 12.1. The summed E-state index contributed by atoms with van der Waals surface area (Å²) in [5, 5.41) is 2.86. The number of nitrogens with one attached hydrogen (secondary N) is 1. The van der Waals surface area contributed by atoms with Crippen molar-refractivity contribution < 1.29 is 9.53 Å². The average molecular weight is 220 g/mol. The maximum atomic E-state index is 12.1. The second-order valence-electron chi connectivity index (χ2n) is 4.36. The van der Waals surface area contributed by atoms with Crippen LogP contribution in [0.1, 0.15) is 6.92 Å². The first-order valence-corrected chi connectivity index (χ1v) is 5.33. The molecule has 0 aliphatic carbocycles. The van der Waals surface area contributed by atoms with Crippen molar-refractivity contribution in [1.82, 2.24) is 0 Å². The predicted molar refractivity (Wildman–Crippen MR) is 62.0 cm³/mol. The molecule has 1 saturated heterocycles. The molecule has 16 heavy (non-hydrogen) atoms. The zero-order valence-corrected chi connectivity index (χ0v) is 9.27. The Balaban J connectivity index is 2.09. The molecule has 2 unspecified atom stereocenters. The molecule has 0 saturated carbocycles. The summed E-state index contributed by atoms with van der Waals surface area (Å²) in [5.74, 6) is -0.0799. The van der Waals surface area contributed by atoms with Gasteiger partial charge in [0.15, 0.2) is 0 Å². The molecule has 2 rings (SSSR count). The van der Waals surface area contributed by atoms with Crippen molar-refractivity contribution in [3.05, 3.63) is 30.3 Å². The molecule has 0 bridgehead atoms. The Labute approximate surface area is 94.8 Å². The molecule has 1 aromatic carbocycles. The second kappa shape index (κ2) is 4.23. The monoisotopic (exact) mass is 220 g/mol. The normalized spacial score (nSPS) is 29.0. The van der Waals surface area contributed by atoms with Crippen molar-refractivity contribution in [2.24, 2.45) is 11.1 Å². The van der Waals surface area contributed by atoms with Gasteiger partial charge >= 0.3 is 0 Å². The molecule has 4 nitrogen and oxygen atoms in total. The van der Waals surface area contributed by atoms with Gasteiger partial charge in [-0.2, -0.15) is 0 Å². The number of carbonyl (C=O) groups excluding carboxylic acids is 1. The molecule has 1 aliphatic heterocycles. The number of hydrogen-bond acceptors (Lipinski definition) is 3. The molecular weight excluding hydrogens is 204 g/mol. The first kappa shape index (κ1) is 11.1. The van der Waals surface area contributed by atoms with Gasteiger partial charge in [0.05, 0.1) is 18.6 Å². The molecule has 3 N–H and O–H groups in total. The minimum Gasteiger partial charge on any atom is -0.379 e. The third kappa shape index (κ3) is 1.94. The molecule has 0 aromatic heterocycles. The lowest BCUT2D eigenvalue weighted by Gasteiger charge is -2.25.